The Labute approximate surface area is 213 Å². The molecule has 5 heteroatoms. The van der Waals surface area contributed by atoms with E-state index in [2.05, 4.69) is 110 Å². The van der Waals surface area contributed by atoms with E-state index >= 15 is 0 Å². The SMILES string of the molecule is Cc1cccc(-n2c(C)cc([C@H]3[C@H](c4ccccn4)NC(=S)N3c3ccc(C(C)C)cc3)c2C)c1. The normalized spacial score (nSPS) is 17.8. The molecular weight excluding hydrogens is 448 g/mol. The lowest BCUT2D eigenvalue weighted by atomic mass is 9.96. The predicted octanol–water partition coefficient (Wildman–Crippen LogP) is 7.10. The highest BCUT2D eigenvalue weighted by Gasteiger charge is 2.42. The molecule has 2 aromatic heterocycles. The fraction of sp³-hybridized carbons (Fsp3) is 0.267. The monoisotopic (exact) mass is 480 g/mol. The number of anilines is 1. The first-order valence-electron chi connectivity index (χ1n) is 12.2. The van der Waals surface area contributed by atoms with Crippen molar-refractivity contribution in [2.24, 2.45) is 0 Å². The summed E-state index contributed by atoms with van der Waals surface area (Å²) >= 11 is 5.93. The number of hydrogen-bond donors (Lipinski definition) is 1. The van der Waals surface area contributed by atoms with E-state index in [1.807, 2.05) is 18.3 Å². The first kappa shape index (κ1) is 23.3. The standard InChI is InChI=1S/C30H32N4S/c1-19(2)23-12-14-24(15-13-23)34-29(28(32-30(34)35)27-11-6-7-16-31-27)26-18-21(4)33(22(26)5)25-10-8-9-20(3)17-25/h6-19,28-29H,1-5H3,(H,32,35)/t28-,29-/m0/s1. The van der Waals surface area contributed by atoms with Crippen LogP contribution in [0.1, 0.15) is 65.6 Å². The quantitative estimate of drug-likeness (QED) is 0.309. The lowest BCUT2D eigenvalue weighted by Gasteiger charge is -2.28. The van der Waals surface area contributed by atoms with Gasteiger partial charge in [0.25, 0.3) is 0 Å². The molecule has 2 atom stereocenters. The molecule has 3 heterocycles. The Kier molecular flexibility index (Phi) is 6.20. The average molecular weight is 481 g/mol. The van der Waals surface area contributed by atoms with E-state index in [-0.39, 0.29) is 12.1 Å². The number of aromatic nitrogens is 2. The molecule has 0 spiro atoms. The third-order valence-electron chi connectivity index (χ3n) is 6.98. The molecule has 178 valence electrons. The van der Waals surface area contributed by atoms with Crippen molar-refractivity contribution in [1.82, 2.24) is 14.9 Å². The molecule has 0 bridgehead atoms. The number of benzene rings is 2. The Morgan fingerprint density at radius 3 is 2.31 bits per heavy atom. The summed E-state index contributed by atoms with van der Waals surface area (Å²) in [6.45, 7) is 11.0. The lowest BCUT2D eigenvalue weighted by molar-refractivity contribution is 0.565. The Morgan fingerprint density at radius 1 is 0.886 bits per heavy atom. The van der Waals surface area contributed by atoms with Crippen molar-refractivity contribution in [2.45, 2.75) is 52.6 Å². The second-order valence-corrected chi connectivity index (χ2v) is 10.1. The van der Waals surface area contributed by atoms with Crippen molar-refractivity contribution in [1.29, 1.82) is 0 Å². The van der Waals surface area contributed by atoms with Gasteiger partial charge in [-0.3, -0.25) is 4.98 Å². The van der Waals surface area contributed by atoms with Crippen LogP contribution >= 0.6 is 12.2 Å². The zero-order chi connectivity index (χ0) is 24.7. The first-order valence-corrected chi connectivity index (χ1v) is 12.6. The molecular formula is C30H32N4S. The van der Waals surface area contributed by atoms with Gasteiger partial charge < -0.3 is 14.8 Å². The van der Waals surface area contributed by atoms with Crippen LogP contribution in [-0.4, -0.2) is 14.7 Å². The summed E-state index contributed by atoms with van der Waals surface area (Å²) in [5, 5.41) is 4.32. The molecule has 0 radical (unpaired) electrons. The van der Waals surface area contributed by atoms with Crippen LogP contribution in [0.3, 0.4) is 0 Å². The topological polar surface area (TPSA) is 33.1 Å². The molecule has 0 saturated carbocycles. The van der Waals surface area contributed by atoms with Gasteiger partial charge in [0.15, 0.2) is 5.11 Å². The highest BCUT2D eigenvalue weighted by atomic mass is 32.1. The van der Waals surface area contributed by atoms with Gasteiger partial charge in [-0.1, -0.05) is 44.2 Å². The number of thiocarbonyl (C=S) groups is 1. The first-order chi connectivity index (χ1) is 16.8. The smallest absolute Gasteiger partial charge is 0.174 e. The minimum atomic E-state index is -0.0556. The van der Waals surface area contributed by atoms with Crippen LogP contribution in [0.2, 0.25) is 0 Å². The van der Waals surface area contributed by atoms with Gasteiger partial charge in [0.05, 0.1) is 17.8 Å². The Bertz CT molecular complexity index is 1360. The van der Waals surface area contributed by atoms with Gasteiger partial charge >= 0.3 is 0 Å². The third-order valence-corrected chi connectivity index (χ3v) is 7.30. The van der Waals surface area contributed by atoms with Crippen LogP contribution in [0.4, 0.5) is 5.69 Å². The van der Waals surface area contributed by atoms with Gasteiger partial charge in [0.1, 0.15) is 0 Å². The van der Waals surface area contributed by atoms with E-state index < -0.39 is 0 Å². The summed E-state index contributed by atoms with van der Waals surface area (Å²) in [6.07, 6.45) is 1.85. The van der Waals surface area contributed by atoms with Crippen molar-refractivity contribution < 1.29 is 0 Å². The maximum atomic E-state index is 5.93. The number of hydrogen-bond acceptors (Lipinski definition) is 2. The van der Waals surface area contributed by atoms with Crippen LogP contribution in [0, 0.1) is 20.8 Å². The fourth-order valence-electron chi connectivity index (χ4n) is 5.22. The molecule has 1 saturated heterocycles. The second kappa shape index (κ2) is 9.31. The van der Waals surface area contributed by atoms with Crippen LogP contribution < -0.4 is 10.2 Å². The molecule has 0 amide bonds. The molecule has 0 aliphatic carbocycles. The molecule has 1 fully saturated rings. The Morgan fingerprint density at radius 2 is 1.66 bits per heavy atom. The summed E-state index contributed by atoms with van der Waals surface area (Å²) in [5.41, 5.74) is 9.50. The zero-order valence-electron chi connectivity index (χ0n) is 21.0. The van der Waals surface area contributed by atoms with Crippen LogP contribution in [0.5, 0.6) is 0 Å². The third kappa shape index (κ3) is 4.25. The Balaban J connectivity index is 1.66. The zero-order valence-corrected chi connectivity index (χ0v) is 21.8. The molecule has 4 aromatic rings. The van der Waals surface area contributed by atoms with E-state index in [0.717, 1.165) is 16.5 Å². The highest BCUT2D eigenvalue weighted by Crippen LogP contribution is 2.44. The van der Waals surface area contributed by atoms with Gasteiger partial charge in [-0.15, -0.1) is 0 Å². The van der Waals surface area contributed by atoms with Crippen LogP contribution in [0.15, 0.2) is 79.0 Å². The van der Waals surface area contributed by atoms with Gasteiger partial charge in [-0.05, 0) is 98.1 Å². The van der Waals surface area contributed by atoms with E-state index in [9.17, 15) is 0 Å². The largest absolute Gasteiger partial charge is 0.351 e. The van der Waals surface area contributed by atoms with E-state index in [1.165, 1.54) is 33.8 Å². The van der Waals surface area contributed by atoms with Crippen molar-refractivity contribution in [3.63, 3.8) is 0 Å². The van der Waals surface area contributed by atoms with Gasteiger partial charge in [0.2, 0.25) is 0 Å². The second-order valence-electron chi connectivity index (χ2n) is 9.74. The van der Waals surface area contributed by atoms with Crippen molar-refractivity contribution in [2.75, 3.05) is 4.90 Å². The summed E-state index contributed by atoms with van der Waals surface area (Å²) in [5.74, 6) is 0.484. The lowest BCUT2D eigenvalue weighted by Crippen LogP contribution is -2.29. The molecule has 1 aliphatic heterocycles. The number of aryl methyl sites for hydroxylation is 2. The maximum absolute atomic E-state index is 5.93. The summed E-state index contributed by atoms with van der Waals surface area (Å²) in [6, 6.07) is 25.8. The van der Waals surface area contributed by atoms with E-state index in [1.54, 1.807) is 0 Å². The molecule has 1 aliphatic rings. The maximum Gasteiger partial charge on any atom is 0.174 e. The number of nitrogens with zero attached hydrogens (tertiary/aromatic N) is 3. The van der Waals surface area contributed by atoms with Crippen LogP contribution in [-0.2, 0) is 0 Å². The van der Waals surface area contributed by atoms with Crippen LogP contribution in [0.25, 0.3) is 5.69 Å². The number of rotatable bonds is 5. The predicted molar refractivity (Wildman–Crippen MR) is 148 cm³/mol. The molecule has 1 N–H and O–H groups in total. The fourth-order valence-corrected chi connectivity index (χ4v) is 5.57. The average Bonchev–Trinajstić information content (AvgIpc) is 3.34. The van der Waals surface area contributed by atoms with Gasteiger partial charge in [0, 0.05) is 29.0 Å². The minimum Gasteiger partial charge on any atom is -0.351 e. The number of pyridine rings is 1. The highest BCUT2D eigenvalue weighted by molar-refractivity contribution is 7.80. The van der Waals surface area contributed by atoms with E-state index in [4.69, 9.17) is 17.2 Å². The summed E-state index contributed by atoms with van der Waals surface area (Å²) in [4.78, 5) is 6.97. The summed E-state index contributed by atoms with van der Waals surface area (Å²) in [7, 11) is 0. The number of nitrogens with one attached hydrogen (secondary N) is 1. The Hall–Kier alpha value is -3.44. The molecule has 0 unspecified atom stereocenters. The van der Waals surface area contributed by atoms with Gasteiger partial charge in [-0.2, -0.15) is 0 Å². The van der Waals surface area contributed by atoms with Crippen molar-refractivity contribution >= 4 is 23.0 Å². The molecule has 2 aromatic carbocycles. The molecule has 5 rings (SSSR count). The minimum absolute atomic E-state index is 0.0212. The molecule has 35 heavy (non-hydrogen) atoms. The van der Waals surface area contributed by atoms with Crippen molar-refractivity contribution in [3.8, 4) is 5.69 Å². The summed E-state index contributed by atoms with van der Waals surface area (Å²) < 4.78 is 2.35. The van der Waals surface area contributed by atoms with Gasteiger partial charge in [-0.25, -0.2) is 0 Å². The van der Waals surface area contributed by atoms with E-state index in [0.29, 0.717) is 5.92 Å². The molecule has 4 nitrogen and oxygen atoms in total. The van der Waals surface area contributed by atoms with Crippen molar-refractivity contribution in [3.05, 3.63) is 113 Å².